The van der Waals surface area contributed by atoms with E-state index in [0.29, 0.717) is 6.54 Å². The molecule has 0 bridgehead atoms. The van der Waals surface area contributed by atoms with Crippen molar-refractivity contribution in [2.24, 2.45) is 5.73 Å². The third kappa shape index (κ3) is 2.07. The van der Waals surface area contributed by atoms with Gasteiger partial charge in [0.25, 0.3) is 0 Å². The molecule has 0 aliphatic carbocycles. The van der Waals surface area contributed by atoms with Crippen LogP contribution in [0.1, 0.15) is 5.56 Å². The zero-order valence-corrected chi connectivity index (χ0v) is 9.43. The van der Waals surface area contributed by atoms with E-state index in [4.69, 9.17) is 5.73 Å². The van der Waals surface area contributed by atoms with Crippen LogP contribution in [0.15, 0.2) is 54.6 Å². The van der Waals surface area contributed by atoms with E-state index in [1.807, 2.05) is 30.3 Å². The Hall–Kier alpha value is -1.80. The SMILES string of the molecule is CN(c1ccccc1)c1ccccc1CN. The second-order valence-corrected chi connectivity index (χ2v) is 3.73. The fourth-order valence-corrected chi connectivity index (χ4v) is 1.80. The van der Waals surface area contributed by atoms with Crippen LogP contribution < -0.4 is 10.6 Å². The van der Waals surface area contributed by atoms with Gasteiger partial charge in [0.2, 0.25) is 0 Å². The van der Waals surface area contributed by atoms with Crippen molar-refractivity contribution in [1.29, 1.82) is 0 Å². The highest BCUT2D eigenvalue weighted by molar-refractivity contribution is 5.65. The Morgan fingerprint density at radius 3 is 2.25 bits per heavy atom. The van der Waals surface area contributed by atoms with Crippen LogP contribution in [0.25, 0.3) is 0 Å². The summed E-state index contributed by atoms with van der Waals surface area (Å²) in [6, 6.07) is 18.5. The van der Waals surface area contributed by atoms with Gasteiger partial charge >= 0.3 is 0 Å². The second-order valence-electron chi connectivity index (χ2n) is 3.73. The summed E-state index contributed by atoms with van der Waals surface area (Å²) < 4.78 is 0. The molecule has 2 heteroatoms. The van der Waals surface area contributed by atoms with Crippen LogP contribution >= 0.6 is 0 Å². The molecule has 0 aliphatic rings. The zero-order valence-electron chi connectivity index (χ0n) is 9.43. The van der Waals surface area contributed by atoms with Crippen LogP contribution in [0.4, 0.5) is 11.4 Å². The average Bonchev–Trinajstić information content (AvgIpc) is 2.39. The number of anilines is 2. The van der Waals surface area contributed by atoms with Gasteiger partial charge in [-0.2, -0.15) is 0 Å². The largest absolute Gasteiger partial charge is 0.344 e. The Balaban J connectivity index is 2.37. The molecule has 2 aromatic carbocycles. The van der Waals surface area contributed by atoms with Crippen LogP contribution in [0.5, 0.6) is 0 Å². The Labute approximate surface area is 96.3 Å². The molecule has 0 aliphatic heterocycles. The molecule has 2 N–H and O–H groups in total. The van der Waals surface area contributed by atoms with Crippen molar-refractivity contribution >= 4 is 11.4 Å². The number of nitrogens with two attached hydrogens (primary N) is 1. The van der Waals surface area contributed by atoms with Crippen molar-refractivity contribution in [3.63, 3.8) is 0 Å². The maximum absolute atomic E-state index is 5.74. The predicted octanol–water partition coefficient (Wildman–Crippen LogP) is 2.91. The molecular weight excluding hydrogens is 196 g/mol. The molecule has 0 saturated heterocycles. The van der Waals surface area contributed by atoms with Gasteiger partial charge < -0.3 is 10.6 Å². The molecule has 0 aromatic heterocycles. The third-order valence-corrected chi connectivity index (χ3v) is 2.72. The monoisotopic (exact) mass is 212 g/mol. The highest BCUT2D eigenvalue weighted by Gasteiger charge is 2.06. The summed E-state index contributed by atoms with van der Waals surface area (Å²) in [5.74, 6) is 0. The molecule has 0 radical (unpaired) electrons. The van der Waals surface area contributed by atoms with Crippen LogP contribution in [0.2, 0.25) is 0 Å². The van der Waals surface area contributed by atoms with Gasteiger partial charge in [-0.3, -0.25) is 0 Å². The molecule has 16 heavy (non-hydrogen) atoms. The van der Waals surface area contributed by atoms with E-state index >= 15 is 0 Å². The van der Waals surface area contributed by atoms with Crippen molar-refractivity contribution in [3.05, 3.63) is 60.2 Å². The molecule has 2 rings (SSSR count). The Morgan fingerprint density at radius 1 is 0.938 bits per heavy atom. The minimum Gasteiger partial charge on any atom is -0.344 e. The van der Waals surface area contributed by atoms with E-state index in [1.165, 1.54) is 5.69 Å². The van der Waals surface area contributed by atoms with E-state index < -0.39 is 0 Å². The first-order valence-corrected chi connectivity index (χ1v) is 5.39. The van der Waals surface area contributed by atoms with Crippen molar-refractivity contribution < 1.29 is 0 Å². The lowest BCUT2D eigenvalue weighted by Crippen LogP contribution is -2.13. The normalized spacial score (nSPS) is 10.1. The van der Waals surface area contributed by atoms with Crippen molar-refractivity contribution in [1.82, 2.24) is 0 Å². The van der Waals surface area contributed by atoms with E-state index in [-0.39, 0.29) is 0 Å². The summed E-state index contributed by atoms with van der Waals surface area (Å²) >= 11 is 0. The first-order valence-electron chi connectivity index (χ1n) is 5.39. The Bertz CT molecular complexity index is 451. The summed E-state index contributed by atoms with van der Waals surface area (Å²) in [5, 5.41) is 0. The summed E-state index contributed by atoms with van der Waals surface area (Å²) in [5.41, 5.74) is 9.23. The molecule has 2 nitrogen and oxygen atoms in total. The lowest BCUT2D eigenvalue weighted by molar-refractivity contribution is 1.05. The van der Waals surface area contributed by atoms with Gasteiger partial charge in [-0.25, -0.2) is 0 Å². The predicted molar refractivity (Wildman–Crippen MR) is 68.8 cm³/mol. The van der Waals surface area contributed by atoms with Crippen molar-refractivity contribution in [2.75, 3.05) is 11.9 Å². The van der Waals surface area contributed by atoms with E-state index in [9.17, 15) is 0 Å². The maximum Gasteiger partial charge on any atom is 0.0453 e. The molecule has 2 aromatic rings. The fraction of sp³-hybridized carbons (Fsp3) is 0.143. The number of nitrogens with zero attached hydrogens (tertiary/aromatic N) is 1. The molecule has 0 amide bonds. The number of hydrogen-bond donors (Lipinski definition) is 1. The maximum atomic E-state index is 5.74. The molecular formula is C14H16N2. The Morgan fingerprint density at radius 2 is 1.56 bits per heavy atom. The molecule has 0 unspecified atom stereocenters. The molecule has 0 spiro atoms. The number of para-hydroxylation sites is 2. The number of hydrogen-bond acceptors (Lipinski definition) is 2. The van der Waals surface area contributed by atoms with E-state index in [1.54, 1.807) is 0 Å². The summed E-state index contributed by atoms with van der Waals surface area (Å²) in [6.07, 6.45) is 0. The molecule has 0 fully saturated rings. The highest BCUT2D eigenvalue weighted by atomic mass is 15.1. The van der Waals surface area contributed by atoms with Gasteiger partial charge in [-0.15, -0.1) is 0 Å². The minimum absolute atomic E-state index is 0.563. The van der Waals surface area contributed by atoms with Crippen molar-refractivity contribution in [2.45, 2.75) is 6.54 Å². The second kappa shape index (κ2) is 4.81. The van der Waals surface area contributed by atoms with Crippen LogP contribution in [-0.2, 0) is 6.54 Å². The van der Waals surface area contributed by atoms with Gasteiger partial charge in [0.05, 0.1) is 0 Å². The fourth-order valence-electron chi connectivity index (χ4n) is 1.80. The standard InChI is InChI=1S/C14H16N2/c1-16(13-8-3-2-4-9-13)14-10-6-5-7-12(14)11-15/h2-10H,11,15H2,1H3. The Kier molecular flexibility index (Phi) is 3.22. The lowest BCUT2D eigenvalue weighted by atomic mass is 10.1. The third-order valence-electron chi connectivity index (χ3n) is 2.72. The summed E-state index contributed by atoms with van der Waals surface area (Å²) in [4.78, 5) is 2.15. The van der Waals surface area contributed by atoms with E-state index in [0.717, 1.165) is 11.3 Å². The molecule has 0 heterocycles. The quantitative estimate of drug-likeness (QED) is 0.847. The molecule has 0 atom stereocenters. The van der Waals surface area contributed by atoms with Gasteiger partial charge in [-0.1, -0.05) is 36.4 Å². The number of rotatable bonds is 3. The number of benzene rings is 2. The topological polar surface area (TPSA) is 29.3 Å². The van der Waals surface area contributed by atoms with Crippen LogP contribution in [0, 0.1) is 0 Å². The highest BCUT2D eigenvalue weighted by Crippen LogP contribution is 2.26. The lowest BCUT2D eigenvalue weighted by Gasteiger charge is -2.22. The average molecular weight is 212 g/mol. The van der Waals surface area contributed by atoms with Gasteiger partial charge in [0.15, 0.2) is 0 Å². The van der Waals surface area contributed by atoms with Crippen LogP contribution in [-0.4, -0.2) is 7.05 Å². The minimum atomic E-state index is 0.563. The first kappa shape index (κ1) is 10.7. The summed E-state index contributed by atoms with van der Waals surface area (Å²) in [6.45, 7) is 0.563. The van der Waals surface area contributed by atoms with Gasteiger partial charge in [0.1, 0.15) is 0 Å². The summed E-state index contributed by atoms with van der Waals surface area (Å²) in [7, 11) is 2.06. The zero-order chi connectivity index (χ0) is 11.4. The first-order chi connectivity index (χ1) is 7.83. The van der Waals surface area contributed by atoms with Gasteiger partial charge in [-0.05, 0) is 23.8 Å². The smallest absolute Gasteiger partial charge is 0.0453 e. The molecule has 0 saturated carbocycles. The molecule has 82 valence electrons. The van der Waals surface area contributed by atoms with Gasteiger partial charge in [0, 0.05) is 25.0 Å². The van der Waals surface area contributed by atoms with Crippen molar-refractivity contribution in [3.8, 4) is 0 Å². The van der Waals surface area contributed by atoms with E-state index in [2.05, 4.69) is 36.2 Å². The van der Waals surface area contributed by atoms with Crippen LogP contribution in [0.3, 0.4) is 0 Å².